The summed E-state index contributed by atoms with van der Waals surface area (Å²) in [5.41, 5.74) is 2.83. The molecule has 1 saturated carbocycles. The number of halogens is 4. The molecule has 0 radical (unpaired) electrons. The highest BCUT2D eigenvalue weighted by molar-refractivity contribution is 8.00. The van der Waals surface area contributed by atoms with Crippen LogP contribution in [0, 0.1) is 30.5 Å². The van der Waals surface area contributed by atoms with Gasteiger partial charge in [0.25, 0.3) is 0 Å². The summed E-state index contributed by atoms with van der Waals surface area (Å²) < 4.78 is 63.3. The first-order chi connectivity index (χ1) is 20.5. The number of nitrogens with zero attached hydrogens (tertiary/aromatic N) is 3. The largest absolute Gasteiger partial charge is 0.416 e. The van der Waals surface area contributed by atoms with Crippen LogP contribution in [0.25, 0.3) is 11.0 Å². The smallest absolute Gasteiger partial charge is 0.381 e. The van der Waals surface area contributed by atoms with E-state index in [1.54, 1.807) is 11.9 Å². The number of aryl methyl sites for hydroxylation is 2. The third kappa shape index (κ3) is 5.97. The average Bonchev–Trinajstić information content (AvgIpc) is 3.56. The van der Waals surface area contributed by atoms with Crippen LogP contribution >= 0.6 is 11.9 Å². The van der Waals surface area contributed by atoms with Gasteiger partial charge in [0.15, 0.2) is 0 Å². The second kappa shape index (κ2) is 11.5. The third-order valence-corrected chi connectivity index (χ3v) is 9.78. The number of hydrogen-bond donors (Lipinski definition) is 1. The van der Waals surface area contributed by atoms with Gasteiger partial charge in [0.1, 0.15) is 11.6 Å². The number of aromatic nitrogens is 2. The minimum absolute atomic E-state index is 0.0178. The first kappa shape index (κ1) is 29.5. The molecule has 2 aliphatic rings. The Labute approximate surface area is 251 Å². The summed E-state index contributed by atoms with van der Waals surface area (Å²) in [4.78, 5) is 19.1. The first-order valence-electron chi connectivity index (χ1n) is 14.2. The lowest BCUT2D eigenvalue weighted by Gasteiger charge is -2.37. The molecule has 1 aliphatic carbocycles. The molecule has 4 unspecified atom stereocenters. The Hall–Kier alpha value is -3.57. The minimum atomic E-state index is -4.66. The van der Waals surface area contributed by atoms with Crippen molar-refractivity contribution >= 4 is 40.3 Å². The van der Waals surface area contributed by atoms with Gasteiger partial charge in [0.2, 0.25) is 5.91 Å². The molecule has 0 spiro atoms. The monoisotopic (exact) mass is 612 g/mol. The van der Waals surface area contributed by atoms with Crippen LogP contribution in [0.3, 0.4) is 0 Å². The summed E-state index contributed by atoms with van der Waals surface area (Å²) in [7, 11) is 4.01. The summed E-state index contributed by atoms with van der Waals surface area (Å²) >= 11 is 1.61. The van der Waals surface area contributed by atoms with Crippen LogP contribution in [0.2, 0.25) is 0 Å². The number of rotatable bonds is 6. The van der Waals surface area contributed by atoms with Crippen molar-refractivity contribution in [3.8, 4) is 0 Å². The molecule has 2 heterocycles. The maximum absolute atomic E-state index is 14.5. The number of hydrogen-bond acceptors (Lipinski definition) is 5. The summed E-state index contributed by atoms with van der Waals surface area (Å²) in [5, 5.41) is 2.55. The van der Waals surface area contributed by atoms with Gasteiger partial charge >= 0.3 is 6.18 Å². The van der Waals surface area contributed by atoms with E-state index in [1.807, 2.05) is 21.0 Å². The number of benzene rings is 3. The fraction of sp³-hybridized carbons (Fsp3) is 0.375. The zero-order valence-electron chi connectivity index (χ0n) is 24.0. The molecular weight excluding hydrogens is 580 g/mol. The SMILES string of the molecule is Cc1nc2cc(SN(C)c3ccc(C4CC5COCC5C(C(=O)Nc5ccc(C(F)(F)F)cc5F)C4)cc3)ccc2n1C. The minimum Gasteiger partial charge on any atom is -0.381 e. The molecule has 226 valence electrons. The highest BCUT2D eigenvalue weighted by Crippen LogP contribution is 2.46. The Morgan fingerprint density at radius 1 is 1.07 bits per heavy atom. The summed E-state index contributed by atoms with van der Waals surface area (Å²) in [6, 6.07) is 16.7. The van der Waals surface area contributed by atoms with Crippen molar-refractivity contribution in [2.24, 2.45) is 24.8 Å². The number of alkyl halides is 3. The zero-order valence-corrected chi connectivity index (χ0v) is 24.8. The van der Waals surface area contributed by atoms with E-state index in [1.165, 1.54) is 0 Å². The Kier molecular flexibility index (Phi) is 7.89. The molecular formula is C32H32F4N4O2S. The predicted molar refractivity (Wildman–Crippen MR) is 159 cm³/mol. The molecule has 11 heteroatoms. The van der Waals surface area contributed by atoms with Crippen LogP contribution in [-0.4, -0.2) is 35.7 Å². The maximum Gasteiger partial charge on any atom is 0.416 e. The normalized spacial score (nSPS) is 22.0. The van der Waals surface area contributed by atoms with E-state index in [-0.39, 0.29) is 23.4 Å². The molecule has 6 rings (SSSR count). The lowest BCUT2D eigenvalue weighted by atomic mass is 9.67. The number of imidazole rings is 1. The van der Waals surface area contributed by atoms with Gasteiger partial charge in [-0.1, -0.05) is 12.1 Å². The first-order valence-corrected chi connectivity index (χ1v) is 15.0. The van der Waals surface area contributed by atoms with Crippen molar-refractivity contribution in [1.29, 1.82) is 0 Å². The third-order valence-electron chi connectivity index (χ3n) is 8.83. The van der Waals surface area contributed by atoms with Crippen molar-refractivity contribution in [3.05, 3.63) is 83.4 Å². The van der Waals surface area contributed by atoms with Gasteiger partial charge < -0.3 is 18.9 Å². The van der Waals surface area contributed by atoms with E-state index in [0.717, 1.165) is 51.6 Å². The Balaban J connectivity index is 1.14. The van der Waals surface area contributed by atoms with Crippen molar-refractivity contribution in [2.45, 2.75) is 36.8 Å². The Morgan fingerprint density at radius 2 is 1.84 bits per heavy atom. The molecule has 1 N–H and O–H groups in total. The van der Waals surface area contributed by atoms with Crippen LogP contribution < -0.4 is 9.62 Å². The van der Waals surface area contributed by atoms with Crippen LogP contribution in [0.1, 0.15) is 35.7 Å². The van der Waals surface area contributed by atoms with Crippen molar-refractivity contribution in [1.82, 2.24) is 9.55 Å². The highest BCUT2D eigenvalue weighted by Gasteiger charge is 2.45. The molecule has 4 aromatic rings. The number of ether oxygens (including phenoxy) is 1. The van der Waals surface area contributed by atoms with E-state index < -0.39 is 29.4 Å². The lowest BCUT2D eigenvalue weighted by molar-refractivity contribution is -0.137. The Morgan fingerprint density at radius 3 is 2.56 bits per heavy atom. The van der Waals surface area contributed by atoms with E-state index in [4.69, 9.17) is 4.74 Å². The van der Waals surface area contributed by atoms with E-state index >= 15 is 0 Å². The van der Waals surface area contributed by atoms with Crippen molar-refractivity contribution in [3.63, 3.8) is 0 Å². The van der Waals surface area contributed by atoms with E-state index in [2.05, 4.69) is 61.6 Å². The zero-order chi connectivity index (χ0) is 30.5. The van der Waals surface area contributed by atoms with Gasteiger partial charge in [-0.2, -0.15) is 13.2 Å². The number of carbonyl (C=O) groups excluding carboxylic acids is 1. The molecule has 1 amide bonds. The fourth-order valence-corrected chi connectivity index (χ4v) is 7.20. The van der Waals surface area contributed by atoms with Crippen LogP contribution in [-0.2, 0) is 22.8 Å². The second-order valence-electron chi connectivity index (χ2n) is 11.5. The topological polar surface area (TPSA) is 59.4 Å². The van der Waals surface area contributed by atoms with Gasteiger partial charge in [0, 0.05) is 37.2 Å². The molecule has 43 heavy (non-hydrogen) atoms. The number of anilines is 2. The average molecular weight is 613 g/mol. The maximum atomic E-state index is 14.5. The fourth-order valence-electron chi connectivity index (χ4n) is 6.36. The number of amides is 1. The van der Waals surface area contributed by atoms with E-state index in [0.29, 0.717) is 25.7 Å². The number of nitrogens with one attached hydrogen (secondary N) is 1. The molecule has 1 aliphatic heterocycles. The molecule has 4 atom stereocenters. The molecule has 3 aromatic carbocycles. The lowest BCUT2D eigenvalue weighted by Crippen LogP contribution is -2.38. The van der Waals surface area contributed by atoms with Gasteiger partial charge in [-0.3, -0.25) is 4.79 Å². The second-order valence-corrected chi connectivity index (χ2v) is 12.7. The van der Waals surface area contributed by atoms with E-state index in [9.17, 15) is 22.4 Å². The van der Waals surface area contributed by atoms with Gasteiger partial charge in [-0.15, -0.1) is 0 Å². The number of fused-ring (bicyclic) bond motifs is 2. The van der Waals surface area contributed by atoms with Gasteiger partial charge in [0.05, 0.1) is 28.9 Å². The Bertz CT molecular complexity index is 1660. The molecule has 0 bridgehead atoms. The summed E-state index contributed by atoms with van der Waals surface area (Å²) in [5.74, 6) is -0.732. The van der Waals surface area contributed by atoms with Gasteiger partial charge in [-0.05, 0) is 104 Å². The van der Waals surface area contributed by atoms with Crippen LogP contribution in [0.5, 0.6) is 0 Å². The molecule has 2 fully saturated rings. The molecule has 6 nitrogen and oxygen atoms in total. The number of carbonyl (C=O) groups is 1. The summed E-state index contributed by atoms with van der Waals surface area (Å²) in [6.45, 7) is 2.98. The van der Waals surface area contributed by atoms with Crippen LogP contribution in [0.4, 0.5) is 28.9 Å². The quantitative estimate of drug-likeness (QED) is 0.180. The molecule has 1 aromatic heterocycles. The van der Waals surface area contributed by atoms with Crippen molar-refractivity contribution < 1.29 is 27.1 Å². The molecule has 1 saturated heterocycles. The predicted octanol–water partition coefficient (Wildman–Crippen LogP) is 7.58. The highest BCUT2D eigenvalue weighted by atomic mass is 32.2. The van der Waals surface area contributed by atoms with Gasteiger partial charge in [-0.25, -0.2) is 9.37 Å². The van der Waals surface area contributed by atoms with Crippen LogP contribution in [0.15, 0.2) is 65.6 Å². The van der Waals surface area contributed by atoms with Crippen molar-refractivity contribution in [2.75, 3.05) is 29.9 Å². The summed E-state index contributed by atoms with van der Waals surface area (Å²) in [6.07, 6.45) is -3.24. The standard InChI is InChI=1S/C32H32F4N4O2S/c1-18-37-29-15-24(9-11-30(29)39(18)2)43-40(3)23-7-4-19(5-8-23)20-12-21-16-42-17-26(21)25(13-20)31(41)38-28-10-6-22(14-27(28)33)32(34,35)36/h4-11,14-15,20-21,25-26H,12-13,16-17H2,1-3H3,(H,38,41).